The second-order valence-electron chi connectivity index (χ2n) is 4.72. The Kier molecular flexibility index (Phi) is 4.88. The Morgan fingerprint density at radius 2 is 1.90 bits per heavy atom. The summed E-state index contributed by atoms with van der Waals surface area (Å²) in [6.07, 6.45) is -1.38. The number of hydrogen-bond acceptors (Lipinski definition) is 4. The van der Waals surface area contributed by atoms with Gasteiger partial charge in [0.2, 0.25) is 0 Å². The van der Waals surface area contributed by atoms with Crippen LogP contribution in [-0.4, -0.2) is 29.9 Å². The Labute approximate surface area is 114 Å². The first-order chi connectivity index (χ1) is 9.20. The van der Waals surface area contributed by atoms with E-state index in [-0.39, 0.29) is 17.1 Å². The number of ether oxygens (including phenoxy) is 2. The summed E-state index contributed by atoms with van der Waals surface area (Å²) in [6.45, 7) is -0.390. The molecule has 7 heteroatoms. The van der Waals surface area contributed by atoms with Crippen LogP contribution < -0.4 is 9.47 Å². The van der Waals surface area contributed by atoms with E-state index in [0.717, 1.165) is 6.07 Å². The third-order valence-corrected chi connectivity index (χ3v) is 2.95. The molecule has 0 bridgehead atoms. The predicted molar refractivity (Wildman–Crippen MR) is 66.0 cm³/mol. The molecule has 1 aromatic carbocycles. The van der Waals surface area contributed by atoms with Crippen LogP contribution in [0.15, 0.2) is 18.2 Å². The SMILES string of the molecule is COc1ccc(C(O)C(C)(C)C(=O)O)cc1OC(F)F. The normalized spacial score (nSPS) is 13.2. The second-order valence-corrected chi connectivity index (χ2v) is 4.72. The lowest BCUT2D eigenvalue weighted by Crippen LogP contribution is -2.31. The van der Waals surface area contributed by atoms with Crippen molar-refractivity contribution in [3.63, 3.8) is 0 Å². The first-order valence-corrected chi connectivity index (χ1v) is 5.74. The average Bonchev–Trinajstić information content (AvgIpc) is 2.36. The van der Waals surface area contributed by atoms with Crippen LogP contribution in [0.3, 0.4) is 0 Å². The fourth-order valence-corrected chi connectivity index (χ4v) is 1.59. The van der Waals surface area contributed by atoms with Gasteiger partial charge in [0.1, 0.15) is 0 Å². The van der Waals surface area contributed by atoms with Crippen LogP contribution in [0.25, 0.3) is 0 Å². The lowest BCUT2D eigenvalue weighted by Gasteiger charge is -2.26. The Hall–Kier alpha value is -1.89. The molecular weight excluding hydrogens is 274 g/mol. The number of aliphatic hydroxyl groups is 1. The monoisotopic (exact) mass is 290 g/mol. The van der Waals surface area contributed by atoms with Crippen molar-refractivity contribution in [3.8, 4) is 11.5 Å². The van der Waals surface area contributed by atoms with Gasteiger partial charge in [-0.05, 0) is 31.5 Å². The molecule has 0 radical (unpaired) electrons. The van der Waals surface area contributed by atoms with E-state index >= 15 is 0 Å². The zero-order valence-electron chi connectivity index (χ0n) is 11.3. The van der Waals surface area contributed by atoms with Crippen molar-refractivity contribution in [2.75, 3.05) is 7.11 Å². The zero-order valence-corrected chi connectivity index (χ0v) is 11.3. The van der Waals surface area contributed by atoms with Crippen LogP contribution in [0.4, 0.5) is 8.78 Å². The highest BCUT2D eigenvalue weighted by Gasteiger charge is 2.37. The number of carbonyl (C=O) groups is 1. The second kappa shape index (κ2) is 6.04. The molecule has 0 aliphatic carbocycles. The number of hydrogen-bond donors (Lipinski definition) is 2. The molecule has 0 fully saturated rings. The maximum atomic E-state index is 12.3. The van der Waals surface area contributed by atoms with E-state index in [1.165, 1.54) is 33.1 Å². The van der Waals surface area contributed by atoms with E-state index < -0.39 is 24.1 Å². The third kappa shape index (κ3) is 3.36. The van der Waals surface area contributed by atoms with Gasteiger partial charge in [-0.1, -0.05) is 6.07 Å². The molecule has 0 aromatic heterocycles. The van der Waals surface area contributed by atoms with Crippen molar-refractivity contribution in [1.29, 1.82) is 0 Å². The molecule has 0 saturated heterocycles. The summed E-state index contributed by atoms with van der Waals surface area (Å²) in [7, 11) is 1.28. The van der Waals surface area contributed by atoms with Crippen molar-refractivity contribution in [2.24, 2.45) is 5.41 Å². The van der Waals surface area contributed by atoms with Crippen LogP contribution in [-0.2, 0) is 4.79 Å². The van der Waals surface area contributed by atoms with Crippen LogP contribution >= 0.6 is 0 Å². The number of aliphatic hydroxyl groups excluding tert-OH is 1. The van der Waals surface area contributed by atoms with Crippen LogP contribution in [0.1, 0.15) is 25.5 Å². The van der Waals surface area contributed by atoms with Gasteiger partial charge in [0, 0.05) is 0 Å². The predicted octanol–water partition coefficient (Wildman–Crippen LogP) is 2.44. The molecule has 112 valence electrons. The fraction of sp³-hybridized carbons (Fsp3) is 0.462. The molecule has 5 nitrogen and oxygen atoms in total. The van der Waals surface area contributed by atoms with Crippen LogP contribution in [0.5, 0.6) is 11.5 Å². The van der Waals surface area contributed by atoms with E-state index in [9.17, 15) is 18.7 Å². The van der Waals surface area contributed by atoms with Crippen molar-refractivity contribution in [3.05, 3.63) is 23.8 Å². The highest BCUT2D eigenvalue weighted by atomic mass is 19.3. The van der Waals surface area contributed by atoms with Gasteiger partial charge in [-0.2, -0.15) is 8.78 Å². The van der Waals surface area contributed by atoms with Gasteiger partial charge in [-0.3, -0.25) is 4.79 Å². The van der Waals surface area contributed by atoms with Crippen LogP contribution in [0.2, 0.25) is 0 Å². The Morgan fingerprint density at radius 3 is 2.35 bits per heavy atom. The summed E-state index contributed by atoms with van der Waals surface area (Å²) < 4.78 is 33.7. The van der Waals surface area contributed by atoms with E-state index in [2.05, 4.69) is 4.74 Å². The van der Waals surface area contributed by atoms with Gasteiger partial charge in [0.05, 0.1) is 18.6 Å². The van der Waals surface area contributed by atoms with Gasteiger partial charge >= 0.3 is 12.6 Å². The van der Waals surface area contributed by atoms with Crippen LogP contribution in [0, 0.1) is 5.41 Å². The van der Waals surface area contributed by atoms with Gasteiger partial charge in [-0.15, -0.1) is 0 Å². The summed E-state index contributed by atoms with van der Waals surface area (Å²) in [6, 6.07) is 3.86. The molecule has 0 saturated carbocycles. The minimum absolute atomic E-state index is 0.0642. The zero-order chi connectivity index (χ0) is 15.5. The number of aliphatic carboxylic acids is 1. The standard InChI is InChI=1S/C13H16F2O5/c1-13(2,11(17)18)10(16)7-4-5-8(19-3)9(6-7)20-12(14)15/h4-6,10,12,16H,1-3H3,(H,17,18). The molecule has 0 heterocycles. The van der Waals surface area contributed by atoms with Gasteiger partial charge in [0.15, 0.2) is 11.5 Å². The van der Waals surface area contributed by atoms with Gasteiger partial charge < -0.3 is 19.7 Å². The molecule has 0 spiro atoms. The molecule has 1 atom stereocenters. The molecule has 1 unspecified atom stereocenters. The molecule has 0 amide bonds. The molecule has 20 heavy (non-hydrogen) atoms. The first kappa shape index (κ1) is 16.2. The fourth-order valence-electron chi connectivity index (χ4n) is 1.59. The molecule has 0 aliphatic heterocycles. The van der Waals surface area contributed by atoms with E-state index in [0.29, 0.717) is 0 Å². The maximum Gasteiger partial charge on any atom is 0.387 e. The Bertz CT molecular complexity index is 488. The number of alkyl halides is 2. The minimum atomic E-state index is -3.05. The Balaban J connectivity index is 3.17. The summed E-state index contributed by atoms with van der Waals surface area (Å²) in [5.41, 5.74) is -1.33. The summed E-state index contributed by atoms with van der Waals surface area (Å²) in [4.78, 5) is 11.1. The number of rotatable bonds is 6. The largest absolute Gasteiger partial charge is 0.493 e. The topological polar surface area (TPSA) is 76.0 Å². The lowest BCUT2D eigenvalue weighted by molar-refractivity contribution is -0.153. The van der Waals surface area contributed by atoms with Crippen molar-refractivity contribution in [2.45, 2.75) is 26.6 Å². The smallest absolute Gasteiger partial charge is 0.387 e. The van der Waals surface area contributed by atoms with Crippen molar-refractivity contribution in [1.82, 2.24) is 0 Å². The lowest BCUT2D eigenvalue weighted by atomic mass is 9.83. The van der Waals surface area contributed by atoms with Gasteiger partial charge in [0.25, 0.3) is 0 Å². The van der Waals surface area contributed by atoms with E-state index in [1.807, 2.05) is 0 Å². The molecule has 1 aromatic rings. The van der Waals surface area contributed by atoms with E-state index in [1.54, 1.807) is 0 Å². The highest BCUT2D eigenvalue weighted by Crippen LogP contribution is 2.38. The number of carboxylic acid groups (broad SMARTS) is 1. The van der Waals surface area contributed by atoms with Gasteiger partial charge in [-0.25, -0.2) is 0 Å². The third-order valence-electron chi connectivity index (χ3n) is 2.95. The first-order valence-electron chi connectivity index (χ1n) is 5.74. The summed E-state index contributed by atoms with van der Waals surface area (Å²) in [5.74, 6) is -1.41. The number of halogens is 2. The molecular formula is C13H16F2O5. The van der Waals surface area contributed by atoms with Crippen molar-refractivity contribution < 1.29 is 33.3 Å². The Morgan fingerprint density at radius 1 is 1.30 bits per heavy atom. The quantitative estimate of drug-likeness (QED) is 0.841. The number of methoxy groups -OCH3 is 1. The summed E-state index contributed by atoms with van der Waals surface area (Å²) >= 11 is 0. The average molecular weight is 290 g/mol. The summed E-state index contributed by atoms with van der Waals surface area (Å²) in [5, 5.41) is 19.1. The number of carboxylic acids is 1. The highest BCUT2D eigenvalue weighted by molar-refractivity contribution is 5.74. The number of benzene rings is 1. The minimum Gasteiger partial charge on any atom is -0.493 e. The molecule has 0 aliphatic rings. The molecule has 2 N–H and O–H groups in total. The molecule has 1 rings (SSSR count). The maximum absolute atomic E-state index is 12.3. The van der Waals surface area contributed by atoms with Crippen molar-refractivity contribution >= 4 is 5.97 Å². The van der Waals surface area contributed by atoms with E-state index in [4.69, 9.17) is 9.84 Å².